The number of aromatic nitrogens is 2. The number of anilines is 1. The van der Waals surface area contributed by atoms with Gasteiger partial charge in [0.2, 0.25) is 0 Å². The van der Waals surface area contributed by atoms with E-state index < -0.39 is 0 Å². The van der Waals surface area contributed by atoms with Crippen LogP contribution < -0.4 is 15.4 Å². The summed E-state index contributed by atoms with van der Waals surface area (Å²) in [5, 5.41) is 11.0. The van der Waals surface area contributed by atoms with Gasteiger partial charge in [-0.25, -0.2) is 4.99 Å². The number of hydrogen-bond acceptors (Lipinski definition) is 4. The number of aliphatic imine (C=N–C) groups is 1. The lowest BCUT2D eigenvalue weighted by Gasteiger charge is -2.14. The minimum absolute atomic E-state index is 0. The lowest BCUT2D eigenvalue weighted by molar-refractivity contribution is 0.123. The standard InChI is InChI=1S/C22H33N5O2.HI/c1-17(2)29-21-9-7-20(8-10-21)26-22(24-13-19-14-25-27(3)15-19)23-11-4-12-28-16-18-5-6-18;/h7-10,14-15,17-18H,4-6,11-13,16H2,1-3H3,(H2,23,24,26);1H. The zero-order valence-electron chi connectivity index (χ0n) is 18.1. The number of aryl methyl sites for hydroxylation is 1. The maximum atomic E-state index is 5.71. The predicted molar refractivity (Wildman–Crippen MR) is 132 cm³/mol. The van der Waals surface area contributed by atoms with Gasteiger partial charge in [-0.1, -0.05) is 0 Å². The molecule has 0 amide bonds. The average Bonchev–Trinajstić information content (AvgIpc) is 3.43. The molecule has 1 aliphatic carbocycles. The maximum absolute atomic E-state index is 5.71. The fraction of sp³-hybridized carbons (Fsp3) is 0.545. The molecule has 3 rings (SSSR count). The van der Waals surface area contributed by atoms with Crippen molar-refractivity contribution in [3.05, 3.63) is 42.2 Å². The van der Waals surface area contributed by atoms with E-state index in [2.05, 4.69) is 15.7 Å². The van der Waals surface area contributed by atoms with E-state index in [1.165, 1.54) is 12.8 Å². The number of nitrogens with one attached hydrogen (secondary N) is 2. The van der Waals surface area contributed by atoms with Gasteiger partial charge in [-0.05, 0) is 63.3 Å². The fourth-order valence-corrected chi connectivity index (χ4v) is 2.80. The number of benzene rings is 1. The number of rotatable bonds is 11. The molecule has 2 aromatic rings. The summed E-state index contributed by atoms with van der Waals surface area (Å²) < 4.78 is 13.2. The van der Waals surface area contributed by atoms with E-state index in [-0.39, 0.29) is 30.1 Å². The molecule has 2 N–H and O–H groups in total. The predicted octanol–water partition coefficient (Wildman–Crippen LogP) is 4.20. The third kappa shape index (κ3) is 9.34. The van der Waals surface area contributed by atoms with E-state index in [0.717, 1.165) is 55.1 Å². The van der Waals surface area contributed by atoms with E-state index in [1.54, 1.807) is 4.68 Å². The molecule has 0 bridgehead atoms. The van der Waals surface area contributed by atoms with Crippen LogP contribution in [0.15, 0.2) is 41.7 Å². The highest BCUT2D eigenvalue weighted by Gasteiger charge is 2.20. The van der Waals surface area contributed by atoms with Gasteiger partial charge in [-0.2, -0.15) is 5.10 Å². The summed E-state index contributed by atoms with van der Waals surface area (Å²) in [7, 11) is 1.91. The Morgan fingerprint density at radius 3 is 2.67 bits per heavy atom. The molecule has 1 heterocycles. The van der Waals surface area contributed by atoms with Crippen molar-refractivity contribution in [3.8, 4) is 5.75 Å². The molecule has 0 radical (unpaired) electrons. The number of ether oxygens (including phenoxy) is 2. The first-order valence-corrected chi connectivity index (χ1v) is 10.5. The Bertz CT molecular complexity index is 772. The van der Waals surface area contributed by atoms with E-state index in [1.807, 2.05) is 57.6 Å². The second-order valence-electron chi connectivity index (χ2n) is 7.80. The third-order valence-corrected chi connectivity index (χ3v) is 4.48. The summed E-state index contributed by atoms with van der Waals surface area (Å²) in [4.78, 5) is 4.70. The summed E-state index contributed by atoms with van der Waals surface area (Å²) in [6, 6.07) is 7.93. The summed E-state index contributed by atoms with van der Waals surface area (Å²) in [5.74, 6) is 2.41. The molecule has 30 heavy (non-hydrogen) atoms. The Labute approximate surface area is 196 Å². The molecule has 1 aromatic heterocycles. The van der Waals surface area contributed by atoms with Gasteiger partial charge in [-0.3, -0.25) is 4.68 Å². The highest BCUT2D eigenvalue weighted by Crippen LogP contribution is 2.28. The molecule has 1 saturated carbocycles. The van der Waals surface area contributed by atoms with E-state index >= 15 is 0 Å². The highest BCUT2D eigenvalue weighted by molar-refractivity contribution is 14.0. The summed E-state index contributed by atoms with van der Waals surface area (Å²) in [6.45, 7) is 7.10. The molecule has 0 aliphatic heterocycles. The maximum Gasteiger partial charge on any atom is 0.196 e. The smallest absolute Gasteiger partial charge is 0.196 e. The first-order valence-electron chi connectivity index (χ1n) is 10.5. The molecule has 0 saturated heterocycles. The zero-order valence-corrected chi connectivity index (χ0v) is 20.5. The topological polar surface area (TPSA) is 72.7 Å². The van der Waals surface area contributed by atoms with Crippen molar-refractivity contribution >= 4 is 35.6 Å². The van der Waals surface area contributed by atoms with E-state index in [9.17, 15) is 0 Å². The molecular weight excluding hydrogens is 493 g/mol. The van der Waals surface area contributed by atoms with Crippen molar-refractivity contribution in [1.29, 1.82) is 0 Å². The lowest BCUT2D eigenvalue weighted by Crippen LogP contribution is -2.32. The van der Waals surface area contributed by atoms with Crippen LogP contribution in [0.25, 0.3) is 0 Å². The summed E-state index contributed by atoms with van der Waals surface area (Å²) >= 11 is 0. The SMILES string of the molecule is CC(C)Oc1ccc(NC(=NCc2cnn(C)c2)NCCCOCC2CC2)cc1.I. The van der Waals surface area contributed by atoms with Gasteiger partial charge in [0.05, 0.1) is 18.8 Å². The van der Waals surface area contributed by atoms with Gasteiger partial charge in [0.25, 0.3) is 0 Å². The normalized spacial score (nSPS) is 13.8. The fourth-order valence-electron chi connectivity index (χ4n) is 2.80. The Balaban J connectivity index is 0.00000320. The number of guanidine groups is 1. The molecule has 7 nitrogen and oxygen atoms in total. The largest absolute Gasteiger partial charge is 0.491 e. The third-order valence-electron chi connectivity index (χ3n) is 4.48. The van der Waals surface area contributed by atoms with Crippen LogP contribution in [0.5, 0.6) is 5.75 Å². The monoisotopic (exact) mass is 527 g/mol. The van der Waals surface area contributed by atoms with Crippen molar-refractivity contribution in [2.45, 2.75) is 45.8 Å². The van der Waals surface area contributed by atoms with Crippen LogP contribution in [0.3, 0.4) is 0 Å². The van der Waals surface area contributed by atoms with Crippen LogP contribution >= 0.6 is 24.0 Å². The Hall–Kier alpha value is -1.81. The first kappa shape index (κ1) is 24.5. The lowest BCUT2D eigenvalue weighted by atomic mass is 10.3. The molecule has 166 valence electrons. The van der Waals surface area contributed by atoms with Gasteiger partial charge in [0, 0.05) is 44.3 Å². The zero-order chi connectivity index (χ0) is 20.5. The van der Waals surface area contributed by atoms with Gasteiger partial charge in [0.1, 0.15) is 5.75 Å². The Kier molecular flexibility index (Phi) is 10.4. The number of hydrogen-bond donors (Lipinski definition) is 2. The van der Waals surface area contributed by atoms with Gasteiger partial charge in [0.15, 0.2) is 5.96 Å². The second kappa shape index (κ2) is 12.8. The van der Waals surface area contributed by atoms with Crippen LogP contribution in [0.1, 0.15) is 38.7 Å². The summed E-state index contributed by atoms with van der Waals surface area (Å²) in [6.07, 6.45) is 7.58. The molecule has 0 atom stereocenters. The van der Waals surface area contributed by atoms with Crippen LogP contribution in [-0.4, -0.2) is 41.6 Å². The van der Waals surface area contributed by atoms with Crippen molar-refractivity contribution in [3.63, 3.8) is 0 Å². The van der Waals surface area contributed by atoms with Crippen LogP contribution in [0, 0.1) is 5.92 Å². The number of halogens is 1. The van der Waals surface area contributed by atoms with E-state index in [4.69, 9.17) is 14.5 Å². The van der Waals surface area contributed by atoms with Crippen molar-refractivity contribution in [2.75, 3.05) is 25.1 Å². The molecular formula is C22H34IN5O2. The van der Waals surface area contributed by atoms with E-state index in [0.29, 0.717) is 6.54 Å². The average molecular weight is 527 g/mol. The molecule has 8 heteroatoms. The second-order valence-corrected chi connectivity index (χ2v) is 7.80. The van der Waals surface area contributed by atoms with Crippen molar-refractivity contribution < 1.29 is 9.47 Å². The van der Waals surface area contributed by atoms with Gasteiger partial charge >= 0.3 is 0 Å². The minimum Gasteiger partial charge on any atom is -0.491 e. The van der Waals surface area contributed by atoms with Crippen LogP contribution in [0.2, 0.25) is 0 Å². The van der Waals surface area contributed by atoms with Crippen LogP contribution in [0.4, 0.5) is 5.69 Å². The Morgan fingerprint density at radius 2 is 2.03 bits per heavy atom. The van der Waals surface area contributed by atoms with Gasteiger partial charge < -0.3 is 20.1 Å². The minimum atomic E-state index is 0. The highest BCUT2D eigenvalue weighted by atomic mass is 127. The van der Waals surface area contributed by atoms with Gasteiger partial charge in [-0.15, -0.1) is 24.0 Å². The van der Waals surface area contributed by atoms with Crippen molar-refractivity contribution in [2.24, 2.45) is 18.0 Å². The number of nitrogens with zero attached hydrogens (tertiary/aromatic N) is 3. The molecule has 1 aliphatic rings. The molecule has 0 unspecified atom stereocenters. The quantitative estimate of drug-likeness (QED) is 0.198. The Morgan fingerprint density at radius 1 is 1.27 bits per heavy atom. The van der Waals surface area contributed by atoms with Crippen molar-refractivity contribution in [1.82, 2.24) is 15.1 Å². The molecule has 0 spiro atoms. The van der Waals surface area contributed by atoms with Crippen LogP contribution in [-0.2, 0) is 18.3 Å². The molecule has 1 aromatic carbocycles. The summed E-state index contributed by atoms with van der Waals surface area (Å²) in [5.41, 5.74) is 2.03. The first-order chi connectivity index (χ1) is 14.1. The molecule has 1 fully saturated rings.